The molecule has 2 atom stereocenters. The van der Waals surface area contributed by atoms with Crippen LogP contribution in [0.5, 0.6) is 0 Å². The lowest BCUT2D eigenvalue weighted by molar-refractivity contribution is 0.0603. The lowest BCUT2D eigenvalue weighted by atomic mass is 9.70. The highest BCUT2D eigenvalue weighted by Crippen LogP contribution is 2.45. The second kappa shape index (κ2) is 12.4. The number of hydrogen-bond acceptors (Lipinski definition) is 5. The number of hydrogen-bond donors (Lipinski definition) is 1. The number of nitrogens with one attached hydrogen (secondary N) is 1. The minimum absolute atomic E-state index is 0.0398. The van der Waals surface area contributed by atoms with Gasteiger partial charge in [0.2, 0.25) is 10.0 Å². The first-order chi connectivity index (χ1) is 22.2. The number of fused-ring (bicyclic) bond motifs is 3. The Kier molecular flexibility index (Phi) is 8.46. The normalized spacial score (nSPS) is 23.2. The molecule has 1 N–H and O–H groups in total. The highest BCUT2D eigenvalue weighted by molar-refractivity contribution is 7.89. The van der Waals surface area contributed by atoms with Crippen LogP contribution in [-0.4, -0.2) is 72.4 Å². The predicted octanol–water partition coefficient (Wildman–Crippen LogP) is 6.34. The lowest BCUT2D eigenvalue weighted by Crippen LogP contribution is -2.49. The molecule has 0 saturated carbocycles. The predicted molar refractivity (Wildman–Crippen MR) is 182 cm³/mol. The van der Waals surface area contributed by atoms with Gasteiger partial charge in [0, 0.05) is 36.2 Å². The van der Waals surface area contributed by atoms with Crippen molar-refractivity contribution in [1.29, 1.82) is 0 Å². The fraction of sp³-hybridized carbons (Fsp3) is 0.444. The number of imidazole rings is 1. The maximum absolute atomic E-state index is 13.8. The monoisotopic (exact) mass is 659 g/mol. The van der Waals surface area contributed by atoms with Gasteiger partial charge >= 0.3 is 0 Å². The summed E-state index contributed by atoms with van der Waals surface area (Å²) in [7, 11) is -2.47. The number of piperidine rings is 2. The first-order valence-corrected chi connectivity index (χ1v) is 18.3. The van der Waals surface area contributed by atoms with Crippen LogP contribution in [0.3, 0.4) is 0 Å². The molecule has 10 heteroatoms. The van der Waals surface area contributed by atoms with Crippen molar-refractivity contribution in [3.05, 3.63) is 94.8 Å². The third-order valence-corrected chi connectivity index (χ3v) is 12.7. The quantitative estimate of drug-likeness (QED) is 0.239. The summed E-state index contributed by atoms with van der Waals surface area (Å²) < 4.78 is 30.3. The second-order valence-corrected chi connectivity index (χ2v) is 15.6. The van der Waals surface area contributed by atoms with Crippen LogP contribution < -0.4 is 4.72 Å². The molecular formula is C36H42ClN5O3S. The van der Waals surface area contributed by atoms with Gasteiger partial charge in [-0.25, -0.2) is 18.1 Å². The molecule has 46 heavy (non-hydrogen) atoms. The number of carbonyl (C=O) groups is 1. The van der Waals surface area contributed by atoms with Gasteiger partial charge in [0.05, 0.1) is 21.5 Å². The molecule has 8 nitrogen and oxygen atoms in total. The van der Waals surface area contributed by atoms with Crippen LogP contribution in [0, 0.1) is 6.92 Å². The summed E-state index contributed by atoms with van der Waals surface area (Å²) in [4.78, 5) is 23.2. The third kappa shape index (κ3) is 5.65. The molecule has 3 fully saturated rings. The van der Waals surface area contributed by atoms with E-state index in [0.717, 1.165) is 50.0 Å². The number of benzene rings is 3. The Bertz CT molecular complexity index is 1840. The third-order valence-electron chi connectivity index (χ3n) is 11.0. The molecule has 3 saturated heterocycles. The first-order valence-electron chi connectivity index (χ1n) is 16.5. The number of likely N-dealkylation sites (tertiary alicyclic amines) is 1. The van der Waals surface area contributed by atoms with E-state index in [0.29, 0.717) is 36.2 Å². The number of nitrogens with zero attached hydrogens (tertiary/aromatic N) is 4. The van der Waals surface area contributed by atoms with Crippen LogP contribution >= 0.6 is 11.6 Å². The van der Waals surface area contributed by atoms with E-state index < -0.39 is 10.0 Å². The Balaban J connectivity index is 1.08. The van der Waals surface area contributed by atoms with E-state index in [1.54, 1.807) is 4.90 Å². The van der Waals surface area contributed by atoms with Crippen molar-refractivity contribution in [2.45, 2.75) is 80.3 Å². The van der Waals surface area contributed by atoms with E-state index >= 15 is 0 Å². The fourth-order valence-electron chi connectivity index (χ4n) is 8.59. The minimum atomic E-state index is -3.82. The van der Waals surface area contributed by atoms with E-state index in [4.69, 9.17) is 16.6 Å². The van der Waals surface area contributed by atoms with E-state index in [-0.39, 0.29) is 21.8 Å². The summed E-state index contributed by atoms with van der Waals surface area (Å²) in [5.41, 5.74) is 3.72. The number of halogens is 1. The zero-order chi connectivity index (χ0) is 32.1. The molecule has 0 aliphatic carbocycles. The largest absolute Gasteiger partial charge is 0.339 e. The van der Waals surface area contributed by atoms with Crippen molar-refractivity contribution < 1.29 is 13.2 Å². The number of para-hydroxylation sites is 2. The Morgan fingerprint density at radius 2 is 1.63 bits per heavy atom. The number of sulfonamides is 1. The van der Waals surface area contributed by atoms with E-state index in [9.17, 15) is 13.2 Å². The molecule has 2 bridgehead atoms. The van der Waals surface area contributed by atoms with Crippen LogP contribution in [-0.2, 0) is 15.4 Å². The summed E-state index contributed by atoms with van der Waals surface area (Å²) >= 11 is 6.24. The highest BCUT2D eigenvalue weighted by atomic mass is 35.5. The molecule has 1 aromatic heterocycles. The van der Waals surface area contributed by atoms with Gasteiger partial charge in [0.25, 0.3) is 5.91 Å². The van der Waals surface area contributed by atoms with Crippen molar-refractivity contribution in [1.82, 2.24) is 24.1 Å². The van der Waals surface area contributed by atoms with Crippen molar-refractivity contribution >= 4 is 38.6 Å². The van der Waals surface area contributed by atoms with Gasteiger partial charge in [-0.15, -0.1) is 0 Å². The zero-order valence-electron chi connectivity index (χ0n) is 26.5. The van der Waals surface area contributed by atoms with Crippen molar-refractivity contribution in [3.8, 4) is 0 Å². The van der Waals surface area contributed by atoms with E-state index in [2.05, 4.69) is 75.7 Å². The Hall–Kier alpha value is -3.24. The second-order valence-electron chi connectivity index (χ2n) is 13.3. The van der Waals surface area contributed by atoms with Crippen LogP contribution in [0.1, 0.15) is 72.7 Å². The number of rotatable bonds is 8. The van der Waals surface area contributed by atoms with E-state index in [1.807, 2.05) is 0 Å². The van der Waals surface area contributed by atoms with Gasteiger partial charge < -0.3 is 9.47 Å². The topological polar surface area (TPSA) is 87.5 Å². The van der Waals surface area contributed by atoms with Gasteiger partial charge in [0.15, 0.2) is 0 Å². The number of carbonyl (C=O) groups excluding carboxylic acids is 1. The molecule has 1 amide bonds. The van der Waals surface area contributed by atoms with Crippen molar-refractivity contribution in [3.63, 3.8) is 0 Å². The van der Waals surface area contributed by atoms with Crippen LogP contribution in [0.4, 0.5) is 0 Å². The Labute approximate surface area is 276 Å². The van der Waals surface area contributed by atoms with Crippen molar-refractivity contribution in [2.24, 2.45) is 0 Å². The molecule has 4 aromatic rings. The number of aryl methyl sites for hydroxylation is 1. The summed E-state index contributed by atoms with van der Waals surface area (Å²) in [5, 5.41) is 0.337. The standard InChI is InChI=1S/C36H42ClN5O3S/c1-25-39-32-10-6-7-11-33(32)42(25)30-23-28-13-14-29(24-30)41(28)21-18-36(26-8-4-3-5-9-26)16-19-40(20-17-36)35(43)31-22-27(37)12-15-34(31)46(44,45)38-2/h3-12,15,22,28-30,38H,13-14,16-21,23-24H2,1-2H3. The summed E-state index contributed by atoms with van der Waals surface area (Å²) in [6, 6.07) is 25.3. The fourth-order valence-corrected chi connectivity index (χ4v) is 9.66. The zero-order valence-corrected chi connectivity index (χ0v) is 28.1. The summed E-state index contributed by atoms with van der Waals surface area (Å²) in [6.07, 6.45) is 7.45. The molecule has 0 radical (unpaired) electrons. The molecule has 3 aliphatic heterocycles. The van der Waals surface area contributed by atoms with Gasteiger partial charge in [-0.1, -0.05) is 54.1 Å². The molecule has 242 valence electrons. The Morgan fingerprint density at radius 1 is 0.957 bits per heavy atom. The van der Waals surface area contributed by atoms with Crippen LogP contribution in [0.15, 0.2) is 77.7 Å². The van der Waals surface area contributed by atoms with E-state index in [1.165, 1.54) is 49.2 Å². The maximum atomic E-state index is 13.8. The first kappa shape index (κ1) is 31.4. The van der Waals surface area contributed by atoms with Gasteiger partial charge in [-0.3, -0.25) is 9.69 Å². The summed E-state index contributed by atoms with van der Waals surface area (Å²) in [5.74, 6) is 0.817. The molecule has 4 heterocycles. The molecule has 7 rings (SSSR count). The molecule has 0 spiro atoms. The number of amides is 1. The molecule has 3 aliphatic rings. The van der Waals surface area contributed by atoms with Gasteiger partial charge in [-0.05, 0) is 107 Å². The van der Waals surface area contributed by atoms with Gasteiger partial charge in [0.1, 0.15) is 5.82 Å². The average molecular weight is 660 g/mol. The summed E-state index contributed by atoms with van der Waals surface area (Å²) in [6.45, 7) is 4.29. The SMILES string of the molecule is CNS(=O)(=O)c1ccc(Cl)cc1C(=O)N1CCC(CCN2C3CCC2CC(n2c(C)nc4ccccc42)C3)(c2ccccc2)CC1. The van der Waals surface area contributed by atoms with Gasteiger partial charge in [-0.2, -0.15) is 0 Å². The minimum Gasteiger partial charge on any atom is -0.339 e. The Morgan fingerprint density at radius 3 is 2.33 bits per heavy atom. The number of aromatic nitrogens is 2. The van der Waals surface area contributed by atoms with Crippen LogP contribution in [0.2, 0.25) is 5.02 Å². The molecule has 2 unspecified atom stereocenters. The highest BCUT2D eigenvalue weighted by Gasteiger charge is 2.44. The average Bonchev–Trinajstić information content (AvgIpc) is 3.54. The lowest BCUT2D eigenvalue weighted by Gasteiger charge is -2.45. The molecular weight excluding hydrogens is 618 g/mol. The molecule has 3 aromatic carbocycles. The smallest absolute Gasteiger partial charge is 0.255 e. The van der Waals surface area contributed by atoms with Crippen LogP contribution in [0.25, 0.3) is 11.0 Å². The van der Waals surface area contributed by atoms with Crippen molar-refractivity contribution in [2.75, 3.05) is 26.7 Å². The maximum Gasteiger partial charge on any atom is 0.255 e.